The molecule has 19 heavy (non-hydrogen) atoms. The summed E-state index contributed by atoms with van der Waals surface area (Å²) in [5, 5.41) is 3.51. The summed E-state index contributed by atoms with van der Waals surface area (Å²) < 4.78 is 57.0. The van der Waals surface area contributed by atoms with Crippen LogP contribution in [0.3, 0.4) is 0 Å². The molecule has 1 aromatic carbocycles. The molecule has 102 valence electrons. The summed E-state index contributed by atoms with van der Waals surface area (Å²) in [4.78, 5) is -0.602. The van der Waals surface area contributed by atoms with Gasteiger partial charge in [0.15, 0.2) is 0 Å². The van der Waals surface area contributed by atoms with Crippen LogP contribution >= 0.6 is 0 Å². The minimum absolute atomic E-state index is 0.0446. The van der Waals surface area contributed by atoms with Crippen molar-refractivity contribution in [2.24, 2.45) is 0 Å². The highest BCUT2D eigenvalue weighted by atomic mass is 32.2. The Morgan fingerprint density at radius 1 is 1.32 bits per heavy atom. The van der Waals surface area contributed by atoms with E-state index in [0.717, 1.165) is 6.07 Å². The van der Waals surface area contributed by atoms with Crippen molar-refractivity contribution in [3.8, 4) is 0 Å². The molecule has 0 aliphatic carbocycles. The molecule has 0 radical (unpaired) electrons. The Balaban J connectivity index is 2.27. The first kappa shape index (κ1) is 13.6. The quantitative estimate of drug-likeness (QED) is 0.930. The normalized spacial score (nSPS) is 11.7. The molecule has 8 heteroatoms. The first-order valence-corrected chi connectivity index (χ1v) is 6.73. The molecular weight excluding hydrogens is 278 g/mol. The minimum atomic E-state index is -4.08. The van der Waals surface area contributed by atoms with Crippen molar-refractivity contribution in [3.63, 3.8) is 0 Å². The highest BCUT2D eigenvalue weighted by molar-refractivity contribution is 7.89. The van der Waals surface area contributed by atoms with Crippen LogP contribution in [0.25, 0.3) is 0 Å². The Morgan fingerprint density at radius 2 is 2.05 bits per heavy atom. The van der Waals surface area contributed by atoms with E-state index in [-0.39, 0.29) is 12.1 Å². The Bertz CT molecular complexity index is 684. The third-order valence-corrected chi connectivity index (χ3v) is 3.85. The smallest absolute Gasteiger partial charge is 0.243 e. The molecule has 0 fully saturated rings. The zero-order chi connectivity index (χ0) is 14.0. The third kappa shape index (κ3) is 2.96. The molecule has 5 nitrogen and oxygen atoms in total. The molecule has 1 heterocycles. The lowest BCUT2D eigenvalue weighted by atomic mass is 10.2. The summed E-state index contributed by atoms with van der Waals surface area (Å²) in [5.74, 6) is -1.94. The van der Waals surface area contributed by atoms with E-state index in [0.29, 0.717) is 11.8 Å². The molecule has 0 unspecified atom stereocenters. The lowest BCUT2D eigenvalue weighted by Gasteiger charge is -2.07. The van der Waals surface area contributed by atoms with E-state index in [9.17, 15) is 17.2 Å². The largest absolute Gasteiger partial charge is 0.364 e. The second-order valence-corrected chi connectivity index (χ2v) is 5.58. The Morgan fingerprint density at radius 3 is 2.68 bits per heavy atom. The van der Waals surface area contributed by atoms with Gasteiger partial charge in [0.05, 0.1) is 12.2 Å². The fourth-order valence-electron chi connectivity index (χ4n) is 1.41. The number of nitrogens with zero attached hydrogens (tertiary/aromatic N) is 1. The van der Waals surface area contributed by atoms with Crippen molar-refractivity contribution in [3.05, 3.63) is 47.4 Å². The van der Waals surface area contributed by atoms with Gasteiger partial charge in [-0.05, 0) is 18.6 Å². The van der Waals surface area contributed by atoms with E-state index < -0.39 is 26.6 Å². The van der Waals surface area contributed by atoms with Crippen LogP contribution in [0.4, 0.5) is 8.78 Å². The van der Waals surface area contributed by atoms with Crippen LogP contribution < -0.4 is 4.72 Å². The molecular formula is C11H10F2N2O3S. The maximum atomic E-state index is 13.5. The van der Waals surface area contributed by atoms with Crippen molar-refractivity contribution in [1.82, 2.24) is 9.88 Å². The Labute approximate surface area is 108 Å². The van der Waals surface area contributed by atoms with Gasteiger partial charge in [-0.25, -0.2) is 21.9 Å². The number of halogens is 2. The zero-order valence-corrected chi connectivity index (χ0v) is 10.7. The van der Waals surface area contributed by atoms with E-state index in [1.807, 2.05) is 0 Å². The van der Waals surface area contributed by atoms with Crippen molar-refractivity contribution < 1.29 is 21.7 Å². The van der Waals surface area contributed by atoms with Crippen LogP contribution in [0.15, 0.2) is 33.9 Å². The molecule has 2 rings (SSSR count). The Kier molecular flexibility index (Phi) is 3.63. The average Bonchev–Trinajstić information content (AvgIpc) is 2.84. The fourth-order valence-corrected chi connectivity index (χ4v) is 2.55. The van der Waals surface area contributed by atoms with Crippen molar-refractivity contribution in [1.29, 1.82) is 0 Å². The lowest BCUT2D eigenvalue weighted by molar-refractivity contribution is 0.411. The van der Waals surface area contributed by atoms with Gasteiger partial charge < -0.3 is 4.52 Å². The van der Waals surface area contributed by atoms with E-state index >= 15 is 0 Å². The molecule has 0 bridgehead atoms. The number of aromatic nitrogens is 1. The van der Waals surface area contributed by atoms with Crippen LogP contribution in [-0.4, -0.2) is 13.6 Å². The van der Waals surface area contributed by atoms with Crippen molar-refractivity contribution in [2.75, 3.05) is 0 Å². The van der Waals surface area contributed by atoms with E-state index in [4.69, 9.17) is 0 Å². The van der Waals surface area contributed by atoms with Gasteiger partial charge in [-0.15, -0.1) is 0 Å². The SMILES string of the molecule is Cc1cc(S(=O)(=O)NCc2ccon2)c(F)cc1F. The third-order valence-electron chi connectivity index (χ3n) is 2.44. The van der Waals surface area contributed by atoms with Gasteiger partial charge in [0.1, 0.15) is 22.8 Å². The highest BCUT2D eigenvalue weighted by Gasteiger charge is 2.21. The van der Waals surface area contributed by atoms with Gasteiger partial charge >= 0.3 is 0 Å². The molecule has 1 aromatic heterocycles. The standard InChI is InChI=1S/C11H10F2N2O3S/c1-7-4-11(10(13)5-9(7)12)19(16,17)14-6-8-2-3-18-15-8/h2-5,14H,6H2,1H3. The molecule has 0 aliphatic heterocycles. The fraction of sp³-hybridized carbons (Fsp3) is 0.182. The lowest BCUT2D eigenvalue weighted by Crippen LogP contribution is -2.24. The van der Waals surface area contributed by atoms with Crippen LogP contribution in [-0.2, 0) is 16.6 Å². The van der Waals surface area contributed by atoms with Crippen molar-refractivity contribution in [2.45, 2.75) is 18.4 Å². The molecule has 2 aromatic rings. The molecule has 0 atom stereocenters. The molecule has 1 N–H and O–H groups in total. The number of rotatable bonds is 4. The maximum Gasteiger partial charge on any atom is 0.243 e. The van der Waals surface area contributed by atoms with Gasteiger partial charge in [0.25, 0.3) is 0 Å². The van der Waals surface area contributed by atoms with E-state index in [1.54, 1.807) is 0 Å². The van der Waals surface area contributed by atoms with Gasteiger partial charge in [-0.2, -0.15) is 0 Å². The minimum Gasteiger partial charge on any atom is -0.364 e. The Hall–Kier alpha value is -1.80. The topological polar surface area (TPSA) is 72.2 Å². The number of hydrogen-bond donors (Lipinski definition) is 1. The zero-order valence-electron chi connectivity index (χ0n) is 9.85. The average molecular weight is 288 g/mol. The monoisotopic (exact) mass is 288 g/mol. The van der Waals surface area contributed by atoms with Crippen LogP contribution in [0, 0.1) is 18.6 Å². The number of aryl methyl sites for hydroxylation is 1. The molecule has 0 aliphatic rings. The maximum absolute atomic E-state index is 13.5. The summed E-state index contributed by atoms with van der Waals surface area (Å²) in [6.07, 6.45) is 1.28. The van der Waals surface area contributed by atoms with Gasteiger partial charge in [0.2, 0.25) is 10.0 Å². The first-order chi connectivity index (χ1) is 8.90. The summed E-state index contributed by atoms with van der Waals surface area (Å²) in [6.45, 7) is 1.21. The van der Waals surface area contributed by atoms with E-state index in [1.165, 1.54) is 19.3 Å². The van der Waals surface area contributed by atoms with Gasteiger partial charge in [0, 0.05) is 12.1 Å². The van der Waals surface area contributed by atoms with Crippen LogP contribution in [0.5, 0.6) is 0 Å². The second kappa shape index (κ2) is 5.06. The first-order valence-electron chi connectivity index (χ1n) is 5.25. The second-order valence-electron chi connectivity index (χ2n) is 3.85. The summed E-state index contributed by atoms with van der Waals surface area (Å²) >= 11 is 0. The predicted octanol–water partition coefficient (Wildman–Crippen LogP) is 1.74. The molecule has 0 saturated carbocycles. The van der Waals surface area contributed by atoms with Crippen molar-refractivity contribution >= 4 is 10.0 Å². The van der Waals surface area contributed by atoms with E-state index in [2.05, 4.69) is 14.4 Å². The number of benzene rings is 1. The number of nitrogens with one attached hydrogen (secondary N) is 1. The van der Waals surface area contributed by atoms with Gasteiger partial charge in [-0.1, -0.05) is 5.16 Å². The summed E-state index contributed by atoms with van der Waals surface area (Å²) in [7, 11) is -4.08. The predicted molar refractivity (Wildman–Crippen MR) is 61.6 cm³/mol. The van der Waals surface area contributed by atoms with Crippen LogP contribution in [0.1, 0.15) is 11.3 Å². The number of sulfonamides is 1. The number of hydrogen-bond acceptors (Lipinski definition) is 4. The highest BCUT2D eigenvalue weighted by Crippen LogP contribution is 2.19. The molecule has 0 amide bonds. The van der Waals surface area contributed by atoms with Crippen LogP contribution in [0.2, 0.25) is 0 Å². The summed E-state index contributed by atoms with van der Waals surface area (Å²) in [5.41, 5.74) is 0.394. The van der Waals surface area contributed by atoms with Gasteiger partial charge in [-0.3, -0.25) is 0 Å². The molecule has 0 saturated heterocycles. The summed E-state index contributed by atoms with van der Waals surface area (Å²) in [6, 6.07) is 2.95. The molecule has 0 spiro atoms.